The third-order valence-electron chi connectivity index (χ3n) is 0.846. The van der Waals surface area contributed by atoms with Crippen molar-refractivity contribution in [2.75, 3.05) is 6.54 Å². The van der Waals surface area contributed by atoms with E-state index in [4.69, 9.17) is 5.73 Å². The number of hydrogen-bond donors (Lipinski definition) is 0. The standard InChI is InChI=1S/C6H14N.C3H8N.2Li/c1-5(2)7-6(3)4;1-2-3-4;;/h5-6H,1-4H3;4H,2-3H2,1H3;;/q2*-1;2*+1. The number of nitrogens with one attached hydrogen (secondary N) is 1. The molecule has 0 radical (unpaired) electrons. The normalized spacial score (nSPS) is 8.31. The van der Waals surface area contributed by atoms with Crippen molar-refractivity contribution >= 4 is 0 Å². The van der Waals surface area contributed by atoms with Gasteiger partial charge in [-0.3, -0.25) is 0 Å². The van der Waals surface area contributed by atoms with Crippen LogP contribution in [0.5, 0.6) is 0 Å². The fraction of sp³-hybridized carbons (Fsp3) is 1.00. The van der Waals surface area contributed by atoms with Crippen molar-refractivity contribution in [2.24, 2.45) is 0 Å². The van der Waals surface area contributed by atoms with Crippen LogP contribution in [0.15, 0.2) is 0 Å². The molecule has 13 heavy (non-hydrogen) atoms. The second-order valence-corrected chi connectivity index (χ2v) is 3.09. The quantitative estimate of drug-likeness (QED) is 0.427. The molecule has 0 fully saturated rings. The summed E-state index contributed by atoms with van der Waals surface area (Å²) in [5, 5.41) is 4.28. The first kappa shape index (κ1) is 23.7. The van der Waals surface area contributed by atoms with Crippen LogP contribution in [0.2, 0.25) is 0 Å². The van der Waals surface area contributed by atoms with Crippen LogP contribution in [0, 0.1) is 0 Å². The van der Waals surface area contributed by atoms with E-state index < -0.39 is 0 Å². The molecule has 0 rings (SSSR count). The molecular formula is C9H22Li2N2. The van der Waals surface area contributed by atoms with Crippen LogP contribution in [0.1, 0.15) is 41.0 Å². The van der Waals surface area contributed by atoms with Crippen LogP contribution in [0.25, 0.3) is 11.1 Å². The molecule has 0 unspecified atom stereocenters. The molecule has 1 N–H and O–H groups in total. The third-order valence-corrected chi connectivity index (χ3v) is 0.846. The Kier molecular flexibility index (Phi) is 34.3. The molecule has 0 saturated heterocycles. The predicted molar refractivity (Wildman–Crippen MR) is 53.1 cm³/mol. The summed E-state index contributed by atoms with van der Waals surface area (Å²) in [5.41, 5.74) is 6.45. The molecule has 0 saturated carbocycles. The van der Waals surface area contributed by atoms with Crippen LogP contribution in [0.3, 0.4) is 0 Å². The monoisotopic (exact) mass is 172 g/mol. The van der Waals surface area contributed by atoms with E-state index in [0.717, 1.165) is 6.42 Å². The van der Waals surface area contributed by atoms with Gasteiger partial charge < -0.3 is 11.1 Å². The molecule has 0 aliphatic carbocycles. The van der Waals surface area contributed by atoms with Crippen molar-refractivity contribution in [3.05, 3.63) is 11.1 Å². The van der Waals surface area contributed by atoms with Crippen molar-refractivity contribution in [1.29, 1.82) is 0 Å². The van der Waals surface area contributed by atoms with Gasteiger partial charge in [-0.05, 0) is 0 Å². The van der Waals surface area contributed by atoms with E-state index in [-0.39, 0.29) is 37.7 Å². The second kappa shape index (κ2) is 18.8. The Morgan fingerprint density at radius 2 is 1.23 bits per heavy atom. The number of nitrogens with zero attached hydrogens (tertiary/aromatic N) is 1. The number of rotatable bonds is 3. The predicted octanol–water partition coefficient (Wildman–Crippen LogP) is -2.37. The largest absolute Gasteiger partial charge is 1.00 e. The summed E-state index contributed by atoms with van der Waals surface area (Å²) in [6, 6.07) is 1.000. The minimum absolute atomic E-state index is 0. The van der Waals surface area contributed by atoms with Crippen LogP contribution in [-0.2, 0) is 0 Å². The van der Waals surface area contributed by atoms with E-state index >= 15 is 0 Å². The average Bonchev–Trinajstić information content (AvgIpc) is 1.85. The topological polar surface area (TPSA) is 37.9 Å². The minimum Gasteiger partial charge on any atom is -0.677 e. The van der Waals surface area contributed by atoms with Gasteiger partial charge >= 0.3 is 37.7 Å². The molecular weight excluding hydrogens is 150 g/mol. The summed E-state index contributed by atoms with van der Waals surface area (Å²) in [4.78, 5) is 0. The molecule has 0 atom stereocenters. The zero-order valence-electron chi connectivity index (χ0n) is 10.5. The molecule has 0 aromatic carbocycles. The van der Waals surface area contributed by atoms with Crippen molar-refractivity contribution in [1.82, 2.24) is 0 Å². The maximum Gasteiger partial charge on any atom is 1.00 e. The van der Waals surface area contributed by atoms with Crippen molar-refractivity contribution in [3.8, 4) is 0 Å². The van der Waals surface area contributed by atoms with Crippen LogP contribution in [0.4, 0.5) is 0 Å². The van der Waals surface area contributed by atoms with Gasteiger partial charge in [0.2, 0.25) is 0 Å². The van der Waals surface area contributed by atoms with E-state index in [1.54, 1.807) is 0 Å². The summed E-state index contributed by atoms with van der Waals surface area (Å²) in [5.74, 6) is 0. The van der Waals surface area contributed by atoms with E-state index in [1.165, 1.54) is 0 Å². The van der Waals surface area contributed by atoms with E-state index in [0.29, 0.717) is 18.6 Å². The molecule has 2 nitrogen and oxygen atoms in total. The molecule has 0 aliphatic rings. The average molecular weight is 172 g/mol. The van der Waals surface area contributed by atoms with Gasteiger partial charge in [0, 0.05) is 0 Å². The molecule has 0 amide bonds. The van der Waals surface area contributed by atoms with Crippen molar-refractivity contribution < 1.29 is 37.7 Å². The van der Waals surface area contributed by atoms with Crippen LogP contribution in [-0.4, -0.2) is 18.6 Å². The van der Waals surface area contributed by atoms with Gasteiger partial charge in [-0.15, -0.1) is 12.1 Å². The Balaban J connectivity index is -0.0000000600. The van der Waals surface area contributed by atoms with Gasteiger partial charge in [0.15, 0.2) is 0 Å². The summed E-state index contributed by atoms with van der Waals surface area (Å²) in [7, 11) is 0. The Morgan fingerprint density at radius 1 is 1.00 bits per heavy atom. The van der Waals surface area contributed by atoms with Gasteiger partial charge in [0.25, 0.3) is 0 Å². The first-order valence-electron chi connectivity index (χ1n) is 4.39. The Hall–Kier alpha value is 1.11. The maximum atomic E-state index is 6.45. The molecule has 0 aromatic rings. The third kappa shape index (κ3) is 43.3. The van der Waals surface area contributed by atoms with Gasteiger partial charge in [0.1, 0.15) is 0 Å². The van der Waals surface area contributed by atoms with Gasteiger partial charge in [0.05, 0.1) is 0 Å². The summed E-state index contributed by atoms with van der Waals surface area (Å²) in [6.07, 6.45) is 0.986. The molecule has 0 spiro atoms. The first-order valence-corrected chi connectivity index (χ1v) is 4.39. The fourth-order valence-electron chi connectivity index (χ4n) is 0.596. The number of hydrogen-bond acceptors (Lipinski definition) is 0. The molecule has 4 heteroatoms. The maximum absolute atomic E-state index is 6.45. The first-order chi connectivity index (χ1) is 5.04. The Labute approximate surface area is 108 Å². The molecule has 0 heterocycles. The second-order valence-electron chi connectivity index (χ2n) is 3.09. The van der Waals surface area contributed by atoms with E-state index in [9.17, 15) is 0 Å². The fourth-order valence-corrected chi connectivity index (χ4v) is 0.596. The molecule has 70 valence electrons. The van der Waals surface area contributed by atoms with Gasteiger partial charge in [-0.1, -0.05) is 41.0 Å². The smallest absolute Gasteiger partial charge is 0.677 e. The summed E-state index contributed by atoms with van der Waals surface area (Å²) in [6.45, 7) is 11.0. The zero-order valence-corrected chi connectivity index (χ0v) is 10.5. The molecule has 0 aliphatic heterocycles. The summed E-state index contributed by atoms with van der Waals surface area (Å²) >= 11 is 0. The minimum atomic E-state index is 0. The van der Waals surface area contributed by atoms with Crippen molar-refractivity contribution in [3.63, 3.8) is 0 Å². The molecule has 0 aromatic heterocycles. The SMILES string of the molecule is CC(C)[N-]C(C)C.CCC[NH-].[Li+].[Li+]. The van der Waals surface area contributed by atoms with Crippen LogP contribution >= 0.6 is 0 Å². The Morgan fingerprint density at radius 3 is 1.23 bits per heavy atom. The van der Waals surface area contributed by atoms with Gasteiger partial charge in [-0.25, -0.2) is 0 Å². The van der Waals surface area contributed by atoms with E-state index in [2.05, 4.69) is 33.0 Å². The van der Waals surface area contributed by atoms with Gasteiger partial charge in [-0.2, -0.15) is 6.54 Å². The van der Waals surface area contributed by atoms with E-state index in [1.807, 2.05) is 6.92 Å². The van der Waals surface area contributed by atoms with Crippen molar-refractivity contribution in [2.45, 2.75) is 53.1 Å². The Bertz CT molecular complexity index is 60.6. The molecule has 0 bridgehead atoms. The van der Waals surface area contributed by atoms with Crippen LogP contribution < -0.4 is 37.7 Å². The zero-order chi connectivity index (χ0) is 9.28. The summed E-state index contributed by atoms with van der Waals surface area (Å²) < 4.78 is 0.